The van der Waals surface area contributed by atoms with Crippen molar-refractivity contribution in [2.45, 2.75) is 13.0 Å². The van der Waals surface area contributed by atoms with E-state index in [1.165, 1.54) is 20.3 Å². The number of Topliss-reactive ketones (excluding diaryl/α,β-unsaturated/α-hetero) is 1. The van der Waals surface area contributed by atoms with Gasteiger partial charge < -0.3 is 24.8 Å². The normalized spacial score (nSPS) is 22.8. The van der Waals surface area contributed by atoms with Gasteiger partial charge in [-0.15, -0.1) is 0 Å². The number of carbonyl (C=O) groups is 1. The average molecular weight is 330 g/mol. The van der Waals surface area contributed by atoms with E-state index < -0.39 is 12.0 Å². The molecule has 6 heteroatoms. The molecule has 126 valence electrons. The van der Waals surface area contributed by atoms with Crippen molar-refractivity contribution >= 4 is 11.4 Å². The standard InChI is InChI=1S/C18H18O6/c1-7-5-9-12(16(22)14(7)20)8(2)13-10(15(9)21)6-11(19)17(23-3)18(13)24-4/h5-7,14,19-20,22H,2H2,1,3-4H3/t7-,14-/m1/s1. The number of carbonyl (C=O) groups excluding carboxylic acids is 1. The van der Waals surface area contributed by atoms with Crippen LogP contribution in [0, 0.1) is 5.92 Å². The molecule has 0 amide bonds. The molecule has 0 heterocycles. The lowest BCUT2D eigenvalue weighted by atomic mass is 9.74. The first-order valence-electron chi connectivity index (χ1n) is 7.39. The van der Waals surface area contributed by atoms with E-state index in [1.54, 1.807) is 13.0 Å². The molecule has 0 saturated heterocycles. The van der Waals surface area contributed by atoms with Crippen LogP contribution in [0.2, 0.25) is 0 Å². The van der Waals surface area contributed by atoms with Crippen LogP contribution < -0.4 is 9.47 Å². The molecule has 1 aromatic rings. The van der Waals surface area contributed by atoms with Gasteiger partial charge >= 0.3 is 0 Å². The Bertz CT molecular complexity index is 830. The second-order valence-corrected chi connectivity index (χ2v) is 5.84. The topological polar surface area (TPSA) is 96.2 Å². The maximum absolute atomic E-state index is 12.9. The second-order valence-electron chi connectivity index (χ2n) is 5.84. The molecule has 0 fully saturated rings. The van der Waals surface area contributed by atoms with Gasteiger partial charge in [0.15, 0.2) is 17.3 Å². The Hall–Kier alpha value is -2.73. The highest BCUT2D eigenvalue weighted by atomic mass is 16.5. The number of fused-ring (bicyclic) bond motifs is 2. The summed E-state index contributed by atoms with van der Waals surface area (Å²) >= 11 is 0. The monoisotopic (exact) mass is 330 g/mol. The van der Waals surface area contributed by atoms with Gasteiger partial charge in [-0.3, -0.25) is 4.79 Å². The van der Waals surface area contributed by atoms with Crippen molar-refractivity contribution in [3.63, 3.8) is 0 Å². The third-order valence-corrected chi connectivity index (χ3v) is 4.45. The summed E-state index contributed by atoms with van der Waals surface area (Å²) in [5.74, 6) is -1.10. The van der Waals surface area contributed by atoms with Crippen molar-refractivity contribution < 1.29 is 29.6 Å². The van der Waals surface area contributed by atoms with Gasteiger partial charge in [0.25, 0.3) is 0 Å². The summed E-state index contributed by atoms with van der Waals surface area (Å²) in [5, 5.41) is 30.6. The Morgan fingerprint density at radius 1 is 1.17 bits per heavy atom. The van der Waals surface area contributed by atoms with Gasteiger partial charge in [0, 0.05) is 28.2 Å². The van der Waals surface area contributed by atoms with E-state index in [1.807, 2.05) is 0 Å². The zero-order valence-corrected chi connectivity index (χ0v) is 13.6. The molecule has 0 saturated carbocycles. The second kappa shape index (κ2) is 5.42. The van der Waals surface area contributed by atoms with Crippen LogP contribution in [0.5, 0.6) is 17.2 Å². The first-order valence-corrected chi connectivity index (χ1v) is 7.39. The molecule has 0 aliphatic heterocycles. The molecule has 3 N–H and O–H groups in total. The van der Waals surface area contributed by atoms with E-state index in [0.29, 0.717) is 11.1 Å². The molecular weight excluding hydrogens is 312 g/mol. The summed E-state index contributed by atoms with van der Waals surface area (Å²) < 4.78 is 10.5. The number of aliphatic hydroxyl groups is 2. The lowest BCUT2D eigenvalue weighted by molar-refractivity contribution is 0.100. The van der Waals surface area contributed by atoms with Crippen LogP contribution in [0.4, 0.5) is 0 Å². The number of methoxy groups -OCH3 is 2. The van der Waals surface area contributed by atoms with Crippen LogP contribution in [0.25, 0.3) is 5.57 Å². The number of ether oxygens (including phenoxy) is 2. The third kappa shape index (κ3) is 1.96. The predicted octanol–water partition coefficient (Wildman–Crippen LogP) is 2.37. The first-order chi connectivity index (χ1) is 11.3. The molecule has 2 aliphatic rings. The molecular formula is C18H18O6. The number of aromatic hydroxyl groups is 1. The smallest absolute Gasteiger partial charge is 0.203 e. The van der Waals surface area contributed by atoms with Gasteiger partial charge in [-0.1, -0.05) is 19.6 Å². The van der Waals surface area contributed by atoms with E-state index in [-0.39, 0.29) is 45.5 Å². The fourth-order valence-corrected chi connectivity index (χ4v) is 3.25. The van der Waals surface area contributed by atoms with E-state index in [2.05, 4.69) is 6.58 Å². The van der Waals surface area contributed by atoms with E-state index >= 15 is 0 Å². The highest BCUT2D eigenvalue weighted by molar-refractivity contribution is 6.22. The number of aliphatic hydroxyl groups excluding tert-OH is 2. The highest BCUT2D eigenvalue weighted by Crippen LogP contribution is 2.51. The molecule has 0 spiro atoms. The van der Waals surface area contributed by atoms with E-state index in [9.17, 15) is 20.1 Å². The van der Waals surface area contributed by atoms with Crippen LogP contribution in [0.1, 0.15) is 22.8 Å². The van der Waals surface area contributed by atoms with Crippen LogP contribution in [-0.2, 0) is 0 Å². The quantitative estimate of drug-likeness (QED) is 0.770. The van der Waals surface area contributed by atoms with E-state index in [0.717, 1.165) is 0 Å². The van der Waals surface area contributed by atoms with Crippen LogP contribution in [0.15, 0.2) is 35.6 Å². The molecule has 2 atom stereocenters. The molecule has 3 rings (SSSR count). The number of rotatable bonds is 2. The number of benzene rings is 1. The number of phenols is 1. The SMILES string of the molecule is C=C1C2=C(O)[C@H](O)[C@H](C)C=C2C(=O)c2cc(O)c(OC)c(OC)c21. The van der Waals surface area contributed by atoms with Gasteiger partial charge in [0.2, 0.25) is 5.75 Å². The van der Waals surface area contributed by atoms with Gasteiger partial charge in [-0.25, -0.2) is 0 Å². The minimum absolute atomic E-state index is 0.0717. The summed E-state index contributed by atoms with van der Waals surface area (Å²) in [6, 6.07) is 1.30. The summed E-state index contributed by atoms with van der Waals surface area (Å²) in [7, 11) is 2.75. The molecule has 0 unspecified atom stereocenters. The zero-order valence-electron chi connectivity index (χ0n) is 13.6. The van der Waals surface area contributed by atoms with Crippen LogP contribution >= 0.6 is 0 Å². The summed E-state index contributed by atoms with van der Waals surface area (Å²) in [5.41, 5.74) is 1.33. The number of allylic oxidation sites excluding steroid dienone is 3. The fraction of sp³-hybridized carbons (Fsp3) is 0.278. The minimum atomic E-state index is -1.11. The Morgan fingerprint density at radius 2 is 1.79 bits per heavy atom. The largest absolute Gasteiger partial charge is 0.509 e. The molecule has 0 radical (unpaired) electrons. The molecule has 24 heavy (non-hydrogen) atoms. The number of ketones is 1. The van der Waals surface area contributed by atoms with Crippen molar-refractivity contribution in [3.8, 4) is 17.2 Å². The molecule has 6 nitrogen and oxygen atoms in total. The Labute approximate surface area is 139 Å². The summed E-state index contributed by atoms with van der Waals surface area (Å²) in [6.07, 6.45) is 0.490. The van der Waals surface area contributed by atoms with Gasteiger partial charge in [-0.05, 0) is 11.6 Å². The van der Waals surface area contributed by atoms with Gasteiger partial charge in [0.1, 0.15) is 11.9 Å². The number of hydrogen-bond donors (Lipinski definition) is 3. The lowest BCUT2D eigenvalue weighted by Crippen LogP contribution is -2.29. The minimum Gasteiger partial charge on any atom is -0.509 e. The maximum atomic E-state index is 12.9. The van der Waals surface area contributed by atoms with Crippen molar-refractivity contribution in [2.75, 3.05) is 14.2 Å². The Morgan fingerprint density at radius 3 is 2.38 bits per heavy atom. The Kier molecular flexibility index (Phi) is 3.64. The third-order valence-electron chi connectivity index (χ3n) is 4.45. The van der Waals surface area contributed by atoms with Gasteiger partial charge in [0.05, 0.1) is 14.2 Å². The van der Waals surface area contributed by atoms with Crippen molar-refractivity contribution in [1.29, 1.82) is 0 Å². The molecule has 0 bridgehead atoms. The van der Waals surface area contributed by atoms with Crippen molar-refractivity contribution in [2.24, 2.45) is 5.92 Å². The number of hydrogen-bond acceptors (Lipinski definition) is 6. The molecule has 2 aliphatic carbocycles. The summed E-state index contributed by atoms with van der Waals surface area (Å²) in [4.78, 5) is 12.9. The molecule has 0 aromatic heterocycles. The van der Waals surface area contributed by atoms with Gasteiger partial charge in [-0.2, -0.15) is 0 Å². The highest BCUT2D eigenvalue weighted by Gasteiger charge is 2.40. The number of phenolic OH excluding ortho intramolecular Hbond substituents is 1. The predicted molar refractivity (Wildman–Crippen MR) is 87.5 cm³/mol. The average Bonchev–Trinajstić information content (AvgIpc) is 2.55. The van der Waals surface area contributed by atoms with E-state index in [4.69, 9.17) is 9.47 Å². The van der Waals surface area contributed by atoms with Crippen molar-refractivity contribution in [1.82, 2.24) is 0 Å². The lowest BCUT2D eigenvalue weighted by Gasteiger charge is -2.32. The molecule has 1 aromatic carbocycles. The maximum Gasteiger partial charge on any atom is 0.203 e. The van der Waals surface area contributed by atoms with Crippen LogP contribution in [-0.4, -0.2) is 41.4 Å². The van der Waals surface area contributed by atoms with Crippen LogP contribution in [0.3, 0.4) is 0 Å². The summed E-state index contributed by atoms with van der Waals surface area (Å²) in [6.45, 7) is 5.66. The first kappa shape index (κ1) is 16.1. The fourth-order valence-electron chi connectivity index (χ4n) is 3.25. The zero-order chi connectivity index (χ0) is 17.8. The Balaban J connectivity index is 2.38. The van der Waals surface area contributed by atoms with Crippen molar-refractivity contribution in [3.05, 3.63) is 46.8 Å².